The van der Waals surface area contributed by atoms with Gasteiger partial charge in [0.15, 0.2) is 9.84 Å². The van der Waals surface area contributed by atoms with Gasteiger partial charge in [-0.1, -0.05) is 11.6 Å². The van der Waals surface area contributed by atoms with Crippen LogP contribution in [0.3, 0.4) is 0 Å². The first-order valence-electron chi connectivity index (χ1n) is 6.85. The van der Waals surface area contributed by atoms with Crippen molar-refractivity contribution in [3.05, 3.63) is 16.4 Å². The SMILES string of the molecule is Cc1nn(C)c(CC(CO)(CO)C2CCS(=O)(=O)C2)c1Cl. The predicted molar refractivity (Wildman–Crippen MR) is 80.0 cm³/mol. The van der Waals surface area contributed by atoms with Gasteiger partial charge in [0.05, 0.1) is 41.1 Å². The van der Waals surface area contributed by atoms with Crippen LogP contribution >= 0.6 is 11.6 Å². The lowest BCUT2D eigenvalue weighted by molar-refractivity contribution is 0.0111. The topological polar surface area (TPSA) is 92.4 Å². The van der Waals surface area contributed by atoms with E-state index < -0.39 is 15.3 Å². The Hall–Kier alpha value is -0.630. The smallest absolute Gasteiger partial charge is 0.150 e. The largest absolute Gasteiger partial charge is 0.396 e. The predicted octanol–water partition coefficient (Wildman–Crippen LogP) is 0.330. The van der Waals surface area contributed by atoms with Crippen molar-refractivity contribution < 1.29 is 18.6 Å². The highest BCUT2D eigenvalue weighted by Crippen LogP contribution is 2.39. The number of aryl methyl sites for hydroxylation is 2. The Morgan fingerprint density at radius 1 is 1.43 bits per heavy atom. The van der Waals surface area contributed by atoms with Crippen LogP contribution in [0.25, 0.3) is 0 Å². The molecule has 120 valence electrons. The van der Waals surface area contributed by atoms with E-state index in [0.29, 0.717) is 29.3 Å². The second kappa shape index (κ2) is 5.87. The summed E-state index contributed by atoms with van der Waals surface area (Å²) in [6.45, 7) is 1.21. The Bertz CT molecular complexity index is 622. The minimum absolute atomic E-state index is 0.00255. The third-order valence-electron chi connectivity index (χ3n) is 4.51. The molecule has 1 aliphatic heterocycles. The van der Waals surface area contributed by atoms with Gasteiger partial charge in [0.2, 0.25) is 0 Å². The lowest BCUT2D eigenvalue weighted by Gasteiger charge is -2.35. The minimum Gasteiger partial charge on any atom is -0.396 e. The van der Waals surface area contributed by atoms with Crippen LogP contribution in [0.1, 0.15) is 17.8 Å². The molecule has 1 aromatic heterocycles. The zero-order valence-corrected chi connectivity index (χ0v) is 13.8. The number of aliphatic hydroxyl groups excluding tert-OH is 2. The van der Waals surface area contributed by atoms with Crippen LogP contribution in [-0.4, -0.2) is 53.1 Å². The summed E-state index contributed by atoms with van der Waals surface area (Å²) in [6.07, 6.45) is 0.758. The van der Waals surface area contributed by atoms with Gasteiger partial charge in [0.1, 0.15) is 0 Å². The molecule has 2 heterocycles. The fourth-order valence-corrected chi connectivity index (χ4v) is 5.22. The van der Waals surface area contributed by atoms with Crippen LogP contribution in [0.15, 0.2) is 0 Å². The number of halogens is 1. The zero-order valence-electron chi connectivity index (χ0n) is 12.2. The molecule has 1 aliphatic rings. The fourth-order valence-electron chi connectivity index (χ4n) is 3.05. The van der Waals surface area contributed by atoms with E-state index in [9.17, 15) is 18.6 Å². The van der Waals surface area contributed by atoms with Crippen molar-refractivity contribution in [3.63, 3.8) is 0 Å². The molecule has 0 saturated carbocycles. The van der Waals surface area contributed by atoms with E-state index >= 15 is 0 Å². The Kier molecular flexibility index (Phi) is 4.68. The molecular formula is C13H21ClN2O4S. The third-order valence-corrected chi connectivity index (χ3v) is 6.77. The van der Waals surface area contributed by atoms with E-state index in [4.69, 9.17) is 11.6 Å². The van der Waals surface area contributed by atoms with E-state index in [1.54, 1.807) is 18.7 Å². The van der Waals surface area contributed by atoms with Gasteiger partial charge >= 0.3 is 0 Å². The average molecular weight is 337 g/mol. The van der Waals surface area contributed by atoms with Gasteiger partial charge < -0.3 is 10.2 Å². The molecule has 1 saturated heterocycles. The van der Waals surface area contributed by atoms with Crippen LogP contribution in [0, 0.1) is 18.3 Å². The summed E-state index contributed by atoms with van der Waals surface area (Å²) in [5, 5.41) is 24.4. The summed E-state index contributed by atoms with van der Waals surface area (Å²) in [5.41, 5.74) is 0.493. The van der Waals surface area contributed by atoms with E-state index in [0.717, 1.165) is 0 Å². The number of rotatable bonds is 5. The Balaban J connectivity index is 2.35. The maximum Gasteiger partial charge on any atom is 0.150 e. The highest BCUT2D eigenvalue weighted by Gasteiger charge is 2.45. The van der Waals surface area contributed by atoms with Crippen LogP contribution in [0.4, 0.5) is 0 Å². The fraction of sp³-hybridized carbons (Fsp3) is 0.769. The molecule has 0 bridgehead atoms. The van der Waals surface area contributed by atoms with E-state index in [-0.39, 0.29) is 30.6 Å². The number of hydrogen-bond donors (Lipinski definition) is 2. The maximum absolute atomic E-state index is 11.7. The highest BCUT2D eigenvalue weighted by molar-refractivity contribution is 7.91. The molecule has 21 heavy (non-hydrogen) atoms. The van der Waals surface area contributed by atoms with Crippen molar-refractivity contribution in [2.75, 3.05) is 24.7 Å². The van der Waals surface area contributed by atoms with Gasteiger partial charge in [-0.2, -0.15) is 5.10 Å². The Labute approximate surface area is 129 Å². The van der Waals surface area contributed by atoms with Gasteiger partial charge in [0.25, 0.3) is 0 Å². The summed E-state index contributed by atoms with van der Waals surface area (Å²) in [4.78, 5) is 0. The number of aromatic nitrogens is 2. The second-order valence-electron chi connectivity index (χ2n) is 5.93. The van der Waals surface area contributed by atoms with Gasteiger partial charge in [-0.05, 0) is 19.3 Å². The second-order valence-corrected chi connectivity index (χ2v) is 8.53. The molecule has 0 aromatic carbocycles. The summed E-state index contributed by atoms with van der Waals surface area (Å²) in [6, 6.07) is 0. The lowest BCUT2D eigenvalue weighted by Crippen LogP contribution is -2.41. The van der Waals surface area contributed by atoms with Gasteiger partial charge in [0, 0.05) is 18.9 Å². The number of aliphatic hydroxyl groups is 2. The van der Waals surface area contributed by atoms with Crippen molar-refractivity contribution in [1.29, 1.82) is 0 Å². The van der Waals surface area contributed by atoms with E-state index in [1.807, 2.05) is 0 Å². The molecule has 0 amide bonds. The molecule has 6 nitrogen and oxygen atoms in total. The molecule has 2 rings (SSSR count). The Morgan fingerprint density at radius 3 is 2.43 bits per heavy atom. The normalized spacial score (nSPS) is 21.9. The number of hydrogen-bond acceptors (Lipinski definition) is 5. The van der Waals surface area contributed by atoms with Crippen molar-refractivity contribution in [1.82, 2.24) is 9.78 Å². The van der Waals surface area contributed by atoms with Crippen molar-refractivity contribution >= 4 is 21.4 Å². The molecule has 1 fully saturated rings. The summed E-state index contributed by atoms with van der Waals surface area (Å²) in [7, 11) is -1.33. The number of nitrogens with zero attached hydrogens (tertiary/aromatic N) is 2. The molecular weight excluding hydrogens is 316 g/mol. The van der Waals surface area contributed by atoms with Crippen LogP contribution in [-0.2, 0) is 23.3 Å². The average Bonchev–Trinajstić information content (AvgIpc) is 2.90. The quantitative estimate of drug-likeness (QED) is 0.808. The van der Waals surface area contributed by atoms with Crippen LogP contribution in [0.2, 0.25) is 5.02 Å². The zero-order chi connectivity index (χ0) is 15.8. The third kappa shape index (κ3) is 3.11. The van der Waals surface area contributed by atoms with Crippen molar-refractivity contribution in [2.45, 2.75) is 19.8 Å². The molecule has 8 heteroatoms. The highest BCUT2D eigenvalue weighted by atomic mass is 35.5. The molecule has 2 N–H and O–H groups in total. The molecule has 1 aromatic rings. The minimum atomic E-state index is -3.08. The molecule has 0 radical (unpaired) electrons. The molecule has 1 unspecified atom stereocenters. The van der Waals surface area contributed by atoms with Gasteiger partial charge in [-0.15, -0.1) is 0 Å². The monoisotopic (exact) mass is 336 g/mol. The molecule has 0 spiro atoms. The standard InChI is InChI=1S/C13H21ClN2O4S/c1-9-12(14)11(16(2)15-9)5-13(7-17,8-18)10-3-4-21(19,20)6-10/h10,17-18H,3-8H2,1-2H3. The Morgan fingerprint density at radius 2 is 2.05 bits per heavy atom. The maximum atomic E-state index is 11.7. The lowest BCUT2D eigenvalue weighted by atomic mass is 9.73. The van der Waals surface area contributed by atoms with Crippen molar-refractivity contribution in [2.24, 2.45) is 18.4 Å². The van der Waals surface area contributed by atoms with Crippen molar-refractivity contribution in [3.8, 4) is 0 Å². The van der Waals surface area contributed by atoms with Gasteiger partial charge in [-0.3, -0.25) is 4.68 Å². The summed E-state index contributed by atoms with van der Waals surface area (Å²) >= 11 is 6.23. The van der Waals surface area contributed by atoms with E-state index in [1.165, 1.54) is 0 Å². The van der Waals surface area contributed by atoms with E-state index in [2.05, 4.69) is 5.10 Å². The van der Waals surface area contributed by atoms with Crippen LogP contribution < -0.4 is 0 Å². The first-order chi connectivity index (χ1) is 9.74. The first-order valence-corrected chi connectivity index (χ1v) is 9.05. The molecule has 1 atom stereocenters. The summed E-state index contributed by atoms with van der Waals surface area (Å²) < 4.78 is 25.0. The summed E-state index contributed by atoms with van der Waals surface area (Å²) in [5.74, 6) is -0.163. The number of sulfone groups is 1. The van der Waals surface area contributed by atoms with Crippen LogP contribution in [0.5, 0.6) is 0 Å². The molecule has 0 aliphatic carbocycles. The first kappa shape index (κ1) is 16.7. The van der Waals surface area contributed by atoms with Gasteiger partial charge in [-0.25, -0.2) is 8.42 Å².